The Morgan fingerprint density at radius 3 is 2.75 bits per heavy atom. The quantitative estimate of drug-likeness (QED) is 0.507. The number of hydrogen-bond acceptors (Lipinski definition) is 4. The fourth-order valence-corrected chi connectivity index (χ4v) is 4.53. The SMILES string of the molecule is COc1ccc(C(CNC(=O)CN2CCCC(C(N)=O)C2)c2c[nH]c3ccccc23)cc1. The molecule has 0 bridgehead atoms. The van der Waals surface area contributed by atoms with Crippen molar-refractivity contribution in [3.63, 3.8) is 0 Å². The second-order valence-electron chi connectivity index (χ2n) is 8.40. The fraction of sp³-hybridized carbons (Fsp3) is 0.360. The number of fused-ring (bicyclic) bond motifs is 1. The van der Waals surface area contributed by atoms with Crippen molar-refractivity contribution >= 4 is 22.7 Å². The Morgan fingerprint density at radius 1 is 1.22 bits per heavy atom. The zero-order valence-corrected chi connectivity index (χ0v) is 18.3. The van der Waals surface area contributed by atoms with Crippen LogP contribution in [-0.2, 0) is 9.59 Å². The Bertz CT molecular complexity index is 1080. The minimum atomic E-state index is -0.283. The zero-order chi connectivity index (χ0) is 22.5. The maximum absolute atomic E-state index is 12.8. The molecule has 1 aliphatic rings. The molecule has 168 valence electrons. The number of para-hydroxylation sites is 1. The summed E-state index contributed by atoms with van der Waals surface area (Å²) in [6.07, 6.45) is 3.70. The van der Waals surface area contributed by atoms with Crippen LogP contribution in [-0.4, -0.2) is 55.0 Å². The Hall–Kier alpha value is -3.32. The van der Waals surface area contributed by atoms with Crippen molar-refractivity contribution in [1.29, 1.82) is 0 Å². The highest BCUT2D eigenvalue weighted by atomic mass is 16.5. The number of methoxy groups -OCH3 is 1. The average molecular weight is 435 g/mol. The summed E-state index contributed by atoms with van der Waals surface area (Å²) in [5.74, 6) is 0.280. The molecule has 2 heterocycles. The molecule has 0 spiro atoms. The maximum Gasteiger partial charge on any atom is 0.234 e. The number of aromatic amines is 1. The van der Waals surface area contributed by atoms with E-state index in [2.05, 4.69) is 16.4 Å². The largest absolute Gasteiger partial charge is 0.497 e. The number of piperidine rings is 1. The molecule has 32 heavy (non-hydrogen) atoms. The van der Waals surface area contributed by atoms with E-state index in [1.165, 1.54) is 0 Å². The van der Waals surface area contributed by atoms with Crippen LogP contribution >= 0.6 is 0 Å². The number of benzene rings is 2. The number of amides is 2. The van der Waals surface area contributed by atoms with Crippen molar-refractivity contribution in [2.75, 3.05) is 33.3 Å². The van der Waals surface area contributed by atoms with Crippen LogP contribution in [0.25, 0.3) is 10.9 Å². The minimum Gasteiger partial charge on any atom is -0.497 e. The van der Waals surface area contributed by atoms with Crippen LogP contribution in [0.3, 0.4) is 0 Å². The van der Waals surface area contributed by atoms with Crippen LogP contribution in [0, 0.1) is 5.92 Å². The first kappa shape index (κ1) is 21.9. The summed E-state index contributed by atoms with van der Waals surface area (Å²) in [6, 6.07) is 16.1. The molecule has 2 atom stereocenters. The maximum atomic E-state index is 12.8. The fourth-order valence-electron chi connectivity index (χ4n) is 4.53. The third-order valence-electron chi connectivity index (χ3n) is 6.29. The number of carbonyl (C=O) groups excluding carboxylic acids is 2. The predicted octanol–water partition coefficient (Wildman–Crippen LogP) is 2.62. The van der Waals surface area contributed by atoms with Crippen molar-refractivity contribution in [2.24, 2.45) is 11.7 Å². The molecule has 1 aliphatic heterocycles. The van der Waals surface area contributed by atoms with Gasteiger partial charge in [0.25, 0.3) is 0 Å². The molecule has 1 saturated heterocycles. The summed E-state index contributed by atoms with van der Waals surface area (Å²) in [4.78, 5) is 29.6. The van der Waals surface area contributed by atoms with Gasteiger partial charge >= 0.3 is 0 Å². The summed E-state index contributed by atoms with van der Waals surface area (Å²) in [5.41, 5.74) is 8.77. The third-order valence-corrected chi connectivity index (χ3v) is 6.29. The summed E-state index contributed by atoms with van der Waals surface area (Å²) in [7, 11) is 1.65. The molecule has 7 nitrogen and oxygen atoms in total. The Kier molecular flexibility index (Phi) is 6.75. The first-order chi connectivity index (χ1) is 15.5. The molecule has 7 heteroatoms. The van der Waals surface area contributed by atoms with E-state index in [0.717, 1.165) is 47.2 Å². The van der Waals surface area contributed by atoms with E-state index >= 15 is 0 Å². The van der Waals surface area contributed by atoms with Crippen molar-refractivity contribution < 1.29 is 14.3 Å². The zero-order valence-electron chi connectivity index (χ0n) is 18.3. The smallest absolute Gasteiger partial charge is 0.234 e. The van der Waals surface area contributed by atoms with Gasteiger partial charge in [0.15, 0.2) is 0 Å². The van der Waals surface area contributed by atoms with E-state index < -0.39 is 0 Å². The lowest BCUT2D eigenvalue weighted by atomic mass is 9.90. The molecule has 4 rings (SSSR count). The number of likely N-dealkylation sites (tertiary alicyclic amines) is 1. The van der Waals surface area contributed by atoms with Crippen LogP contribution < -0.4 is 15.8 Å². The van der Waals surface area contributed by atoms with Gasteiger partial charge in [0.1, 0.15) is 5.75 Å². The molecule has 1 fully saturated rings. The topological polar surface area (TPSA) is 100 Å². The Morgan fingerprint density at radius 2 is 2.00 bits per heavy atom. The molecule has 4 N–H and O–H groups in total. The highest BCUT2D eigenvalue weighted by molar-refractivity contribution is 5.84. The van der Waals surface area contributed by atoms with Crippen LogP contribution in [0.2, 0.25) is 0 Å². The van der Waals surface area contributed by atoms with E-state index in [9.17, 15) is 9.59 Å². The molecule has 2 unspecified atom stereocenters. The van der Waals surface area contributed by atoms with Crippen molar-refractivity contribution in [2.45, 2.75) is 18.8 Å². The minimum absolute atomic E-state index is 0.0132. The highest BCUT2D eigenvalue weighted by Crippen LogP contribution is 2.31. The molecule has 0 aliphatic carbocycles. The molecule has 1 aromatic heterocycles. The predicted molar refractivity (Wildman–Crippen MR) is 125 cm³/mol. The van der Waals surface area contributed by atoms with Crippen molar-refractivity contribution in [1.82, 2.24) is 15.2 Å². The Labute approximate surface area is 187 Å². The number of carbonyl (C=O) groups is 2. The number of H-pyrrole nitrogens is 1. The molecular weight excluding hydrogens is 404 g/mol. The lowest BCUT2D eigenvalue weighted by Crippen LogP contribution is -2.46. The first-order valence-electron chi connectivity index (χ1n) is 11.0. The van der Waals surface area contributed by atoms with Crippen LogP contribution in [0.5, 0.6) is 5.75 Å². The number of nitrogens with two attached hydrogens (primary N) is 1. The lowest BCUT2D eigenvalue weighted by Gasteiger charge is -2.30. The number of rotatable bonds is 8. The molecule has 3 aromatic rings. The van der Waals surface area contributed by atoms with Crippen LogP contribution in [0.4, 0.5) is 0 Å². The lowest BCUT2D eigenvalue weighted by molar-refractivity contribution is -0.126. The van der Waals surface area contributed by atoms with Gasteiger partial charge in [-0.15, -0.1) is 0 Å². The number of nitrogens with zero attached hydrogens (tertiary/aromatic N) is 1. The van der Waals surface area contributed by atoms with E-state index in [4.69, 9.17) is 10.5 Å². The number of primary amides is 1. The number of nitrogens with one attached hydrogen (secondary N) is 2. The van der Waals surface area contributed by atoms with Gasteiger partial charge < -0.3 is 20.8 Å². The average Bonchev–Trinajstić information content (AvgIpc) is 3.24. The third kappa shape index (κ3) is 4.94. The summed E-state index contributed by atoms with van der Waals surface area (Å²) < 4.78 is 5.30. The monoisotopic (exact) mass is 434 g/mol. The normalized spacial score (nSPS) is 17.7. The van der Waals surface area contributed by atoms with Gasteiger partial charge in [0, 0.05) is 36.1 Å². The van der Waals surface area contributed by atoms with Gasteiger partial charge in [-0.2, -0.15) is 0 Å². The molecule has 2 amide bonds. The van der Waals surface area contributed by atoms with Crippen molar-refractivity contribution in [3.8, 4) is 5.75 Å². The van der Waals surface area contributed by atoms with Gasteiger partial charge in [-0.05, 0) is 48.7 Å². The van der Waals surface area contributed by atoms with Gasteiger partial charge in [0.05, 0.1) is 19.6 Å². The standard InChI is InChI=1S/C25H30N4O3/c1-32-19-10-8-17(9-11-19)21(22-14-27-23-7-3-2-6-20(22)23)13-28-24(30)16-29-12-4-5-18(15-29)25(26)31/h2-3,6-11,14,18,21,27H,4-5,12-13,15-16H2,1H3,(H2,26,31)(H,28,30). The van der Waals surface area contributed by atoms with Crippen LogP contribution in [0.1, 0.15) is 29.9 Å². The van der Waals surface area contributed by atoms with E-state index in [-0.39, 0.29) is 30.2 Å². The molecular formula is C25H30N4O3. The molecule has 2 aromatic carbocycles. The summed E-state index contributed by atoms with van der Waals surface area (Å²) >= 11 is 0. The summed E-state index contributed by atoms with van der Waals surface area (Å²) in [5, 5.41) is 4.25. The van der Waals surface area contributed by atoms with Gasteiger partial charge in [-0.1, -0.05) is 30.3 Å². The molecule has 0 saturated carbocycles. The second-order valence-corrected chi connectivity index (χ2v) is 8.40. The molecule has 0 radical (unpaired) electrons. The van der Waals surface area contributed by atoms with Gasteiger partial charge in [-0.25, -0.2) is 0 Å². The summed E-state index contributed by atoms with van der Waals surface area (Å²) in [6.45, 7) is 2.10. The number of hydrogen-bond donors (Lipinski definition) is 3. The second kappa shape index (κ2) is 9.87. The number of aromatic nitrogens is 1. The van der Waals surface area contributed by atoms with Crippen LogP contribution in [0.15, 0.2) is 54.7 Å². The van der Waals surface area contributed by atoms with E-state index in [0.29, 0.717) is 13.1 Å². The van der Waals surface area contributed by atoms with Gasteiger partial charge in [0.2, 0.25) is 11.8 Å². The van der Waals surface area contributed by atoms with E-state index in [1.807, 2.05) is 53.6 Å². The van der Waals surface area contributed by atoms with Crippen molar-refractivity contribution in [3.05, 3.63) is 65.9 Å². The van der Waals surface area contributed by atoms with E-state index in [1.54, 1.807) is 7.11 Å². The first-order valence-corrected chi connectivity index (χ1v) is 11.0. The van der Waals surface area contributed by atoms with Gasteiger partial charge in [-0.3, -0.25) is 14.5 Å². The number of ether oxygens (including phenoxy) is 1. The Balaban J connectivity index is 1.49. The highest BCUT2D eigenvalue weighted by Gasteiger charge is 2.26.